The third-order valence-electron chi connectivity index (χ3n) is 3.01. The summed E-state index contributed by atoms with van der Waals surface area (Å²) < 4.78 is 23.3. The van der Waals surface area contributed by atoms with Crippen LogP contribution >= 0.6 is 0 Å². The number of sulfonamides is 1. The van der Waals surface area contributed by atoms with E-state index in [2.05, 4.69) is 15.4 Å². The highest BCUT2D eigenvalue weighted by Gasteiger charge is 2.60. The average molecular weight is 285 g/mol. The number of amides is 1. The van der Waals surface area contributed by atoms with Gasteiger partial charge >= 0.3 is 0 Å². The smallest absolute Gasteiger partial charge is 0.259 e. The van der Waals surface area contributed by atoms with E-state index < -0.39 is 20.7 Å². The summed E-state index contributed by atoms with van der Waals surface area (Å²) in [7, 11) is -3.63. The van der Waals surface area contributed by atoms with Crippen molar-refractivity contribution in [2.75, 3.05) is 5.43 Å². The Labute approximate surface area is 111 Å². The van der Waals surface area contributed by atoms with Crippen LogP contribution in [0.3, 0.4) is 0 Å². The van der Waals surface area contributed by atoms with Gasteiger partial charge in [0.25, 0.3) is 15.9 Å². The van der Waals surface area contributed by atoms with Crippen LogP contribution in [-0.4, -0.2) is 33.3 Å². The van der Waals surface area contributed by atoms with Crippen molar-refractivity contribution in [3.8, 4) is 0 Å². The number of nitrogens with zero attached hydrogens (tertiary/aromatic N) is 3. The molecule has 1 aliphatic rings. The molecular formula is C10H15N5O3S. The summed E-state index contributed by atoms with van der Waals surface area (Å²) in [6.07, 6.45) is 0. The Balaban J connectivity index is 2.29. The lowest BCUT2D eigenvalue weighted by atomic mass is 10.2. The van der Waals surface area contributed by atoms with E-state index in [0.29, 0.717) is 11.5 Å². The van der Waals surface area contributed by atoms with Crippen molar-refractivity contribution in [3.63, 3.8) is 0 Å². The predicted molar refractivity (Wildman–Crippen MR) is 68.1 cm³/mol. The van der Waals surface area contributed by atoms with Crippen LogP contribution in [0.15, 0.2) is 6.07 Å². The summed E-state index contributed by atoms with van der Waals surface area (Å²) in [5.74, 6) is 5.38. The van der Waals surface area contributed by atoms with Crippen LogP contribution in [0.1, 0.15) is 25.4 Å². The minimum atomic E-state index is -3.63. The highest BCUT2D eigenvalue weighted by molar-refractivity contribution is 7.94. The summed E-state index contributed by atoms with van der Waals surface area (Å²) >= 11 is 0. The zero-order valence-corrected chi connectivity index (χ0v) is 11.7. The number of hydrazine groups is 1. The van der Waals surface area contributed by atoms with E-state index in [1.165, 1.54) is 13.8 Å². The number of nitrogen functional groups attached to an aromatic ring is 1. The van der Waals surface area contributed by atoms with Gasteiger partial charge in [0.05, 0.1) is 6.54 Å². The third kappa shape index (κ3) is 1.94. The molecule has 8 nitrogen and oxygen atoms in total. The first-order valence-corrected chi connectivity index (χ1v) is 7.02. The number of anilines is 1. The zero-order chi connectivity index (χ0) is 14.4. The van der Waals surface area contributed by atoms with Gasteiger partial charge in [0.2, 0.25) is 0 Å². The van der Waals surface area contributed by atoms with E-state index in [9.17, 15) is 13.2 Å². The van der Waals surface area contributed by atoms with E-state index in [-0.39, 0.29) is 12.4 Å². The highest BCUT2D eigenvalue weighted by Crippen LogP contribution is 2.35. The standard InChI is InChI=1S/C10H15N5O3S/c1-6-4-7(14-11)13-8(12-6)5-15-9(16)10(2,3)19(15,17)18/h4H,5,11H2,1-3H3,(H,12,13,14). The van der Waals surface area contributed by atoms with Gasteiger partial charge in [-0.05, 0) is 20.8 Å². The fraction of sp³-hybridized carbons (Fsp3) is 0.500. The molecule has 0 radical (unpaired) electrons. The van der Waals surface area contributed by atoms with Crippen molar-refractivity contribution < 1.29 is 13.2 Å². The first-order chi connectivity index (χ1) is 8.70. The maximum atomic E-state index is 11.9. The Morgan fingerprint density at radius 2 is 2.05 bits per heavy atom. The minimum Gasteiger partial charge on any atom is -0.308 e. The summed E-state index contributed by atoms with van der Waals surface area (Å²) in [6, 6.07) is 1.61. The maximum absolute atomic E-state index is 11.9. The van der Waals surface area contributed by atoms with Crippen LogP contribution < -0.4 is 11.3 Å². The first-order valence-electron chi connectivity index (χ1n) is 5.58. The Kier molecular flexibility index (Phi) is 2.98. The molecule has 0 bridgehead atoms. The SMILES string of the molecule is Cc1cc(NN)nc(CN2C(=O)C(C)(C)S2(=O)=O)n1. The molecule has 1 aromatic rings. The molecule has 3 N–H and O–H groups in total. The van der Waals surface area contributed by atoms with E-state index in [1.54, 1.807) is 13.0 Å². The molecule has 2 rings (SSSR count). The van der Waals surface area contributed by atoms with Gasteiger partial charge in [0.15, 0.2) is 10.6 Å². The first kappa shape index (κ1) is 13.7. The lowest BCUT2D eigenvalue weighted by Crippen LogP contribution is -2.66. The lowest BCUT2D eigenvalue weighted by Gasteiger charge is -2.42. The topological polar surface area (TPSA) is 118 Å². The molecule has 1 aliphatic heterocycles. The Bertz CT molecular complexity index is 641. The fourth-order valence-corrected chi connectivity index (χ4v) is 3.30. The molecule has 0 aliphatic carbocycles. The molecule has 0 unspecified atom stereocenters. The molecule has 19 heavy (non-hydrogen) atoms. The van der Waals surface area contributed by atoms with Crippen LogP contribution in [0.2, 0.25) is 0 Å². The fourth-order valence-electron chi connectivity index (χ4n) is 1.82. The van der Waals surface area contributed by atoms with Crippen LogP contribution in [0, 0.1) is 6.92 Å². The van der Waals surface area contributed by atoms with Crippen molar-refractivity contribution in [1.82, 2.24) is 14.3 Å². The molecule has 1 amide bonds. The minimum absolute atomic E-state index is 0.180. The van der Waals surface area contributed by atoms with Gasteiger partial charge in [0, 0.05) is 11.8 Å². The summed E-state index contributed by atoms with van der Waals surface area (Å²) in [5, 5.41) is 0. The zero-order valence-electron chi connectivity index (χ0n) is 10.8. The van der Waals surface area contributed by atoms with Crippen molar-refractivity contribution in [2.45, 2.75) is 32.1 Å². The van der Waals surface area contributed by atoms with Gasteiger partial charge in [-0.3, -0.25) is 4.79 Å². The number of nitrogens with two attached hydrogens (primary N) is 1. The summed E-state index contributed by atoms with van der Waals surface area (Å²) in [6.45, 7) is 4.31. The number of aromatic nitrogens is 2. The van der Waals surface area contributed by atoms with Crippen LogP contribution in [-0.2, 0) is 21.4 Å². The molecule has 1 saturated heterocycles. The van der Waals surface area contributed by atoms with E-state index in [1.807, 2.05) is 0 Å². The van der Waals surface area contributed by atoms with Gasteiger partial charge in [-0.15, -0.1) is 0 Å². The monoisotopic (exact) mass is 285 g/mol. The second-order valence-corrected chi connectivity index (χ2v) is 7.19. The number of nitrogens with one attached hydrogen (secondary N) is 1. The largest absolute Gasteiger partial charge is 0.308 e. The Hall–Kier alpha value is -1.74. The number of hydrogen-bond acceptors (Lipinski definition) is 7. The van der Waals surface area contributed by atoms with Crippen LogP contribution in [0.4, 0.5) is 5.82 Å². The molecule has 0 spiro atoms. The number of aryl methyl sites for hydroxylation is 1. The second kappa shape index (κ2) is 4.14. The van der Waals surface area contributed by atoms with E-state index >= 15 is 0 Å². The average Bonchev–Trinajstić information content (AvgIpc) is 2.34. The number of carbonyl (C=O) groups is 1. The quantitative estimate of drug-likeness (QED) is 0.568. The second-order valence-electron chi connectivity index (χ2n) is 4.78. The van der Waals surface area contributed by atoms with E-state index in [0.717, 1.165) is 4.31 Å². The van der Waals surface area contributed by atoms with Gasteiger partial charge in [-0.2, -0.15) is 0 Å². The molecule has 9 heteroatoms. The molecule has 104 valence electrons. The summed E-state index contributed by atoms with van der Waals surface area (Å²) in [4.78, 5) is 19.9. The van der Waals surface area contributed by atoms with Crippen LogP contribution in [0.5, 0.6) is 0 Å². The molecule has 0 aromatic carbocycles. The Morgan fingerprint density at radius 3 is 2.58 bits per heavy atom. The third-order valence-corrected chi connectivity index (χ3v) is 5.35. The maximum Gasteiger partial charge on any atom is 0.259 e. The van der Waals surface area contributed by atoms with Gasteiger partial charge in [0.1, 0.15) is 5.82 Å². The molecule has 0 saturated carbocycles. The lowest BCUT2D eigenvalue weighted by molar-refractivity contribution is -0.132. The number of carbonyl (C=O) groups excluding carboxylic acids is 1. The Morgan fingerprint density at radius 1 is 1.42 bits per heavy atom. The highest BCUT2D eigenvalue weighted by atomic mass is 32.2. The summed E-state index contributed by atoms with van der Waals surface area (Å²) in [5.41, 5.74) is 2.99. The van der Waals surface area contributed by atoms with Crippen molar-refractivity contribution >= 4 is 21.7 Å². The molecule has 2 heterocycles. The van der Waals surface area contributed by atoms with Crippen molar-refractivity contribution in [3.05, 3.63) is 17.6 Å². The van der Waals surface area contributed by atoms with Gasteiger partial charge in [-0.1, -0.05) is 0 Å². The number of rotatable bonds is 3. The molecule has 1 aromatic heterocycles. The van der Waals surface area contributed by atoms with Crippen molar-refractivity contribution in [2.24, 2.45) is 5.84 Å². The van der Waals surface area contributed by atoms with Gasteiger partial charge < -0.3 is 5.43 Å². The van der Waals surface area contributed by atoms with Crippen LogP contribution in [0.25, 0.3) is 0 Å². The predicted octanol–water partition coefficient (Wildman–Crippen LogP) is -0.479. The van der Waals surface area contributed by atoms with Crippen molar-refractivity contribution in [1.29, 1.82) is 0 Å². The molecule has 1 fully saturated rings. The van der Waals surface area contributed by atoms with E-state index in [4.69, 9.17) is 5.84 Å². The number of hydrogen-bond donors (Lipinski definition) is 2. The molecular weight excluding hydrogens is 270 g/mol. The molecule has 0 atom stereocenters. The van der Waals surface area contributed by atoms with Gasteiger partial charge in [-0.25, -0.2) is 28.5 Å². The normalized spacial score (nSPS) is 20.0.